The fourth-order valence-electron chi connectivity index (χ4n) is 3.09. The number of carbonyl (C=O) groups excluding carboxylic acids is 1. The van der Waals surface area contributed by atoms with Crippen LogP contribution in [0.15, 0.2) is 23.1 Å². The van der Waals surface area contributed by atoms with E-state index in [0.29, 0.717) is 6.61 Å². The maximum absolute atomic E-state index is 12.9. The number of methoxy groups -OCH3 is 3. The Labute approximate surface area is 166 Å². The van der Waals surface area contributed by atoms with Gasteiger partial charge in [0.05, 0.1) is 26.4 Å². The Morgan fingerprint density at radius 1 is 1.22 bits per heavy atom. The lowest BCUT2D eigenvalue weighted by Crippen LogP contribution is -2.47. The van der Waals surface area contributed by atoms with E-state index in [2.05, 4.69) is 14.8 Å². The second-order valence-electron chi connectivity index (χ2n) is 6.36. The summed E-state index contributed by atoms with van der Waals surface area (Å²) in [5.74, 6) is -0.449. The number of halogens is 1. The first-order valence-electron chi connectivity index (χ1n) is 8.33. The number of hydrogen-bond donors (Lipinski definition) is 2. The summed E-state index contributed by atoms with van der Waals surface area (Å²) in [5.41, 5.74) is -0.123. The van der Waals surface area contributed by atoms with Gasteiger partial charge in [0.1, 0.15) is 10.6 Å². The number of piperidine rings is 1. The van der Waals surface area contributed by atoms with Gasteiger partial charge in [-0.15, -0.1) is 12.4 Å². The summed E-state index contributed by atoms with van der Waals surface area (Å²) in [6, 6.07) is 4.16. The lowest BCUT2D eigenvalue weighted by molar-refractivity contribution is 0.0577. The first-order valence-corrected chi connectivity index (χ1v) is 9.81. The molecule has 0 radical (unpaired) electrons. The number of rotatable bonds is 8. The van der Waals surface area contributed by atoms with Crippen LogP contribution in [0.5, 0.6) is 5.75 Å². The zero-order valence-electron chi connectivity index (χ0n) is 15.7. The molecule has 0 saturated carbocycles. The number of nitrogens with one attached hydrogen (secondary N) is 2. The summed E-state index contributed by atoms with van der Waals surface area (Å²) in [5, 5.41) is 3.27. The van der Waals surface area contributed by atoms with Crippen LogP contribution in [-0.2, 0) is 19.5 Å². The van der Waals surface area contributed by atoms with Gasteiger partial charge >= 0.3 is 5.97 Å². The van der Waals surface area contributed by atoms with Gasteiger partial charge in [0.2, 0.25) is 10.0 Å². The largest absolute Gasteiger partial charge is 0.495 e. The second-order valence-corrected chi connectivity index (χ2v) is 8.10. The van der Waals surface area contributed by atoms with Crippen LogP contribution in [0.2, 0.25) is 0 Å². The standard InChI is InChI=1S/C17H26N2O6S.ClH/c1-23-12-17(6-8-18-9-7-17)11-19-26(21,22)15-10-13(16(20)25-3)4-5-14(15)24-2;/h4-5,10,18-19H,6-9,11-12H2,1-3H3;1H. The summed E-state index contributed by atoms with van der Waals surface area (Å²) < 4.78 is 43.5. The number of hydrogen-bond acceptors (Lipinski definition) is 7. The molecule has 0 spiro atoms. The van der Waals surface area contributed by atoms with Crippen LogP contribution >= 0.6 is 12.4 Å². The van der Waals surface area contributed by atoms with Crippen molar-refractivity contribution in [2.75, 3.05) is 47.6 Å². The third kappa shape index (κ3) is 5.79. The molecule has 8 nitrogen and oxygen atoms in total. The topological polar surface area (TPSA) is 103 Å². The third-order valence-electron chi connectivity index (χ3n) is 4.63. The zero-order valence-corrected chi connectivity index (χ0v) is 17.4. The lowest BCUT2D eigenvalue weighted by Gasteiger charge is -2.37. The molecular formula is C17H27ClN2O6S. The van der Waals surface area contributed by atoms with Gasteiger partial charge in [0, 0.05) is 19.1 Å². The van der Waals surface area contributed by atoms with Crippen LogP contribution in [0.1, 0.15) is 23.2 Å². The maximum atomic E-state index is 12.9. The number of ether oxygens (including phenoxy) is 3. The summed E-state index contributed by atoms with van der Waals surface area (Å²) in [7, 11) is 0.351. The second kappa shape index (κ2) is 10.2. The molecule has 1 aromatic carbocycles. The molecule has 27 heavy (non-hydrogen) atoms. The van der Waals surface area contributed by atoms with E-state index in [1.54, 1.807) is 7.11 Å². The molecule has 0 atom stereocenters. The van der Waals surface area contributed by atoms with Crippen molar-refractivity contribution >= 4 is 28.4 Å². The van der Waals surface area contributed by atoms with Gasteiger partial charge in [0.15, 0.2) is 0 Å². The van der Waals surface area contributed by atoms with Gasteiger partial charge in [-0.1, -0.05) is 0 Å². The maximum Gasteiger partial charge on any atom is 0.337 e. The fourth-order valence-corrected chi connectivity index (χ4v) is 4.44. The first kappa shape index (κ1) is 23.6. The SMILES string of the molecule is COCC1(CNS(=O)(=O)c2cc(C(=O)OC)ccc2OC)CCNCC1.Cl. The van der Waals surface area contributed by atoms with E-state index < -0.39 is 16.0 Å². The fraction of sp³-hybridized carbons (Fsp3) is 0.588. The molecule has 1 aliphatic heterocycles. The van der Waals surface area contributed by atoms with Crippen LogP contribution in [0.25, 0.3) is 0 Å². The highest BCUT2D eigenvalue weighted by molar-refractivity contribution is 7.89. The zero-order chi connectivity index (χ0) is 19.2. The van der Waals surface area contributed by atoms with Crippen LogP contribution in [0.4, 0.5) is 0 Å². The molecule has 0 aromatic heterocycles. The summed E-state index contributed by atoms with van der Waals surface area (Å²) >= 11 is 0. The van der Waals surface area contributed by atoms with Crippen molar-refractivity contribution in [3.8, 4) is 5.75 Å². The van der Waals surface area contributed by atoms with Crippen LogP contribution in [0, 0.1) is 5.41 Å². The first-order chi connectivity index (χ1) is 12.4. The number of esters is 1. The van der Waals surface area contributed by atoms with E-state index >= 15 is 0 Å². The van der Waals surface area contributed by atoms with Gasteiger partial charge < -0.3 is 19.5 Å². The van der Waals surface area contributed by atoms with Gasteiger partial charge in [-0.2, -0.15) is 0 Å². The van der Waals surface area contributed by atoms with Crippen molar-refractivity contribution in [3.63, 3.8) is 0 Å². The third-order valence-corrected chi connectivity index (χ3v) is 6.05. The summed E-state index contributed by atoms with van der Waals surface area (Å²) in [6.07, 6.45) is 1.62. The minimum atomic E-state index is -3.88. The average molecular weight is 423 g/mol. The molecule has 10 heteroatoms. The number of sulfonamides is 1. The molecule has 1 heterocycles. The minimum Gasteiger partial charge on any atom is -0.495 e. The van der Waals surface area contributed by atoms with E-state index in [1.807, 2.05) is 0 Å². The van der Waals surface area contributed by atoms with Crippen molar-refractivity contribution in [3.05, 3.63) is 23.8 Å². The minimum absolute atomic E-state index is 0. The Morgan fingerprint density at radius 2 is 1.89 bits per heavy atom. The Kier molecular flexibility index (Phi) is 8.97. The highest BCUT2D eigenvalue weighted by Gasteiger charge is 2.34. The molecular weight excluding hydrogens is 396 g/mol. The van der Waals surface area contributed by atoms with Gasteiger partial charge in [-0.25, -0.2) is 17.9 Å². The van der Waals surface area contributed by atoms with Gasteiger partial charge in [0.25, 0.3) is 0 Å². The highest BCUT2D eigenvalue weighted by Crippen LogP contribution is 2.30. The predicted octanol–water partition coefficient (Wildman–Crippen LogP) is 1.20. The van der Waals surface area contributed by atoms with Crippen molar-refractivity contribution in [2.24, 2.45) is 5.41 Å². The van der Waals surface area contributed by atoms with Gasteiger partial charge in [-0.05, 0) is 44.1 Å². The molecule has 1 fully saturated rings. The quantitative estimate of drug-likeness (QED) is 0.606. The number of carbonyl (C=O) groups is 1. The molecule has 2 N–H and O–H groups in total. The van der Waals surface area contributed by atoms with E-state index in [4.69, 9.17) is 9.47 Å². The summed E-state index contributed by atoms with van der Waals surface area (Å²) in [4.78, 5) is 11.6. The molecule has 1 saturated heterocycles. The molecule has 0 amide bonds. The van der Waals surface area contributed by atoms with Crippen molar-refractivity contribution < 1.29 is 27.4 Å². The van der Waals surface area contributed by atoms with Crippen molar-refractivity contribution in [2.45, 2.75) is 17.7 Å². The smallest absolute Gasteiger partial charge is 0.337 e. The molecule has 1 aliphatic rings. The van der Waals surface area contributed by atoms with E-state index in [0.717, 1.165) is 25.9 Å². The van der Waals surface area contributed by atoms with Gasteiger partial charge in [-0.3, -0.25) is 0 Å². The molecule has 154 valence electrons. The Balaban J connectivity index is 0.00000364. The van der Waals surface area contributed by atoms with Crippen LogP contribution < -0.4 is 14.8 Å². The normalized spacial score (nSPS) is 16.3. The average Bonchev–Trinajstić information content (AvgIpc) is 2.66. The molecule has 0 unspecified atom stereocenters. The Bertz CT molecular complexity index is 729. The number of benzene rings is 1. The predicted molar refractivity (Wildman–Crippen MR) is 103 cm³/mol. The molecule has 2 rings (SSSR count). The van der Waals surface area contributed by atoms with Crippen LogP contribution in [-0.4, -0.2) is 62.0 Å². The Morgan fingerprint density at radius 3 is 2.44 bits per heavy atom. The Hall–Kier alpha value is -1.39. The van der Waals surface area contributed by atoms with Crippen molar-refractivity contribution in [1.29, 1.82) is 0 Å². The molecule has 1 aromatic rings. The van der Waals surface area contributed by atoms with Crippen LogP contribution in [0.3, 0.4) is 0 Å². The van der Waals surface area contributed by atoms with E-state index in [1.165, 1.54) is 32.4 Å². The monoisotopic (exact) mass is 422 g/mol. The highest BCUT2D eigenvalue weighted by atomic mass is 35.5. The van der Waals surface area contributed by atoms with E-state index in [9.17, 15) is 13.2 Å². The van der Waals surface area contributed by atoms with E-state index in [-0.39, 0.29) is 40.6 Å². The molecule has 0 aliphatic carbocycles. The van der Waals surface area contributed by atoms with Crippen molar-refractivity contribution in [1.82, 2.24) is 10.0 Å². The summed E-state index contributed by atoms with van der Waals surface area (Å²) in [6.45, 7) is 2.34. The molecule has 0 bridgehead atoms. The lowest BCUT2D eigenvalue weighted by atomic mass is 9.80.